The van der Waals surface area contributed by atoms with Crippen LogP contribution in [0.4, 0.5) is 11.4 Å². The smallest absolute Gasteiger partial charge is 0.338 e. The number of carbonyl (C=O) groups excluding carboxylic acids is 1. The third-order valence-corrected chi connectivity index (χ3v) is 4.19. The highest BCUT2D eigenvalue weighted by Gasteiger charge is 2.13. The van der Waals surface area contributed by atoms with Crippen LogP contribution in [-0.4, -0.2) is 19.6 Å². The molecule has 0 aliphatic heterocycles. The van der Waals surface area contributed by atoms with Crippen molar-refractivity contribution in [3.8, 4) is 0 Å². The first kappa shape index (κ1) is 15.7. The molecule has 2 N–H and O–H groups in total. The summed E-state index contributed by atoms with van der Waals surface area (Å²) in [7, 11) is 1.92. The third kappa shape index (κ3) is 3.89. The highest BCUT2D eigenvalue weighted by molar-refractivity contribution is 7.16. The molecule has 6 heteroatoms. The number of nitrogens with two attached hydrogens (primary N) is 1. The van der Waals surface area contributed by atoms with Crippen LogP contribution < -0.4 is 10.6 Å². The number of rotatable bonds is 5. The molecule has 0 unspecified atom stereocenters. The number of nitrogens with zero attached hydrogens (tertiary/aromatic N) is 1. The zero-order chi connectivity index (χ0) is 15.4. The molecule has 0 atom stereocenters. The highest BCUT2D eigenvalue weighted by atomic mass is 35.5. The zero-order valence-corrected chi connectivity index (χ0v) is 13.5. The average Bonchev–Trinajstić information content (AvgIpc) is 2.84. The van der Waals surface area contributed by atoms with E-state index in [1.165, 1.54) is 11.3 Å². The monoisotopic (exact) mass is 324 g/mol. The van der Waals surface area contributed by atoms with Gasteiger partial charge in [0.15, 0.2) is 0 Å². The number of thiophene rings is 1. The van der Waals surface area contributed by atoms with Crippen LogP contribution in [0, 0.1) is 0 Å². The summed E-state index contributed by atoms with van der Waals surface area (Å²) in [4.78, 5) is 14.9. The predicted octanol–water partition coefficient (Wildman–Crippen LogP) is 3.80. The van der Waals surface area contributed by atoms with Gasteiger partial charge in [0.05, 0.1) is 34.4 Å². The van der Waals surface area contributed by atoms with Crippen molar-refractivity contribution in [3.63, 3.8) is 0 Å². The third-order valence-electron chi connectivity index (χ3n) is 2.97. The van der Waals surface area contributed by atoms with E-state index in [1.807, 2.05) is 24.1 Å². The lowest BCUT2D eigenvalue weighted by atomic mass is 10.1. The van der Waals surface area contributed by atoms with Crippen molar-refractivity contribution >= 4 is 40.3 Å². The second-order valence-electron chi connectivity index (χ2n) is 4.56. The van der Waals surface area contributed by atoms with Gasteiger partial charge in [-0.25, -0.2) is 4.79 Å². The van der Waals surface area contributed by atoms with E-state index in [0.29, 0.717) is 24.4 Å². The Bertz CT molecular complexity index is 642. The summed E-state index contributed by atoms with van der Waals surface area (Å²) >= 11 is 7.46. The molecule has 0 amide bonds. The molecule has 0 aliphatic carbocycles. The van der Waals surface area contributed by atoms with Crippen molar-refractivity contribution in [1.82, 2.24) is 0 Å². The van der Waals surface area contributed by atoms with E-state index >= 15 is 0 Å². The molecule has 21 heavy (non-hydrogen) atoms. The van der Waals surface area contributed by atoms with Crippen LogP contribution in [0.3, 0.4) is 0 Å². The Hall–Kier alpha value is -1.72. The summed E-state index contributed by atoms with van der Waals surface area (Å²) in [5.41, 5.74) is 7.92. The molecule has 1 heterocycles. The average molecular weight is 325 g/mol. The van der Waals surface area contributed by atoms with Crippen LogP contribution in [-0.2, 0) is 11.3 Å². The Labute approximate surface area is 133 Å². The number of ether oxygens (including phenoxy) is 1. The molecule has 0 bridgehead atoms. The van der Waals surface area contributed by atoms with Crippen LogP contribution in [0.15, 0.2) is 30.3 Å². The maximum absolute atomic E-state index is 11.8. The van der Waals surface area contributed by atoms with Crippen molar-refractivity contribution < 1.29 is 9.53 Å². The lowest BCUT2D eigenvalue weighted by Crippen LogP contribution is -2.18. The molecule has 1 aromatic heterocycles. The molecule has 2 aromatic rings. The van der Waals surface area contributed by atoms with Crippen LogP contribution >= 0.6 is 22.9 Å². The Morgan fingerprint density at radius 1 is 1.38 bits per heavy atom. The zero-order valence-electron chi connectivity index (χ0n) is 11.9. The van der Waals surface area contributed by atoms with E-state index in [-0.39, 0.29) is 5.97 Å². The highest BCUT2D eigenvalue weighted by Crippen LogP contribution is 2.28. The number of hydrogen-bond acceptors (Lipinski definition) is 5. The van der Waals surface area contributed by atoms with Gasteiger partial charge in [0, 0.05) is 11.9 Å². The topological polar surface area (TPSA) is 55.6 Å². The van der Waals surface area contributed by atoms with Crippen molar-refractivity contribution in [2.75, 3.05) is 24.3 Å². The summed E-state index contributed by atoms with van der Waals surface area (Å²) in [6.45, 7) is 2.80. The van der Waals surface area contributed by atoms with Gasteiger partial charge in [-0.15, -0.1) is 11.3 Å². The van der Waals surface area contributed by atoms with Crippen LogP contribution in [0.1, 0.15) is 22.2 Å². The first-order valence-electron chi connectivity index (χ1n) is 6.53. The quantitative estimate of drug-likeness (QED) is 0.671. The number of hydrogen-bond donors (Lipinski definition) is 1. The predicted molar refractivity (Wildman–Crippen MR) is 88.2 cm³/mol. The van der Waals surface area contributed by atoms with Crippen LogP contribution in [0.5, 0.6) is 0 Å². The minimum absolute atomic E-state index is 0.341. The van der Waals surface area contributed by atoms with Crippen LogP contribution in [0.2, 0.25) is 4.34 Å². The second kappa shape index (κ2) is 6.83. The van der Waals surface area contributed by atoms with Crippen molar-refractivity contribution in [2.45, 2.75) is 13.5 Å². The summed E-state index contributed by atoms with van der Waals surface area (Å²) < 4.78 is 5.77. The number of nitrogen functional groups attached to an aromatic ring is 1. The Balaban J connectivity index is 2.21. The van der Waals surface area contributed by atoms with Crippen molar-refractivity contribution in [3.05, 3.63) is 45.1 Å². The number of halogens is 1. The molecule has 1 aromatic carbocycles. The summed E-state index contributed by atoms with van der Waals surface area (Å²) in [5, 5.41) is 0. The van der Waals surface area contributed by atoms with E-state index in [9.17, 15) is 4.79 Å². The molecule has 0 saturated carbocycles. The lowest BCUT2D eigenvalue weighted by Gasteiger charge is -2.21. The number of esters is 1. The number of benzene rings is 1. The summed E-state index contributed by atoms with van der Waals surface area (Å²) in [6.07, 6.45) is 0. The van der Waals surface area contributed by atoms with Crippen molar-refractivity contribution in [2.24, 2.45) is 0 Å². The van der Waals surface area contributed by atoms with Gasteiger partial charge in [0.1, 0.15) is 0 Å². The van der Waals surface area contributed by atoms with Gasteiger partial charge >= 0.3 is 5.97 Å². The minimum Gasteiger partial charge on any atom is -0.462 e. The lowest BCUT2D eigenvalue weighted by molar-refractivity contribution is 0.0526. The number of carbonyl (C=O) groups is 1. The first-order chi connectivity index (χ1) is 10.0. The molecule has 0 spiro atoms. The maximum atomic E-state index is 11.8. The van der Waals surface area contributed by atoms with Gasteiger partial charge < -0.3 is 15.4 Å². The Kier molecular flexibility index (Phi) is 5.09. The molecular weight excluding hydrogens is 308 g/mol. The molecule has 0 fully saturated rings. The van der Waals surface area contributed by atoms with E-state index in [0.717, 1.165) is 14.9 Å². The second-order valence-corrected chi connectivity index (χ2v) is 6.36. The van der Waals surface area contributed by atoms with Gasteiger partial charge in [-0.1, -0.05) is 11.6 Å². The Morgan fingerprint density at radius 3 is 2.76 bits per heavy atom. The summed E-state index contributed by atoms with van der Waals surface area (Å²) in [5.74, 6) is -0.341. The molecule has 0 aliphatic rings. The van der Waals surface area contributed by atoms with Crippen LogP contribution in [0.25, 0.3) is 0 Å². The van der Waals surface area contributed by atoms with Gasteiger partial charge in [-0.05, 0) is 37.3 Å². The number of anilines is 2. The van der Waals surface area contributed by atoms with Gasteiger partial charge in [-0.3, -0.25) is 0 Å². The normalized spacial score (nSPS) is 10.4. The van der Waals surface area contributed by atoms with Gasteiger partial charge in [-0.2, -0.15) is 0 Å². The van der Waals surface area contributed by atoms with Gasteiger partial charge in [0.25, 0.3) is 0 Å². The molecule has 4 nitrogen and oxygen atoms in total. The Morgan fingerprint density at radius 2 is 2.14 bits per heavy atom. The molecule has 0 radical (unpaired) electrons. The largest absolute Gasteiger partial charge is 0.462 e. The summed E-state index contributed by atoms with van der Waals surface area (Å²) in [6, 6.07) is 9.00. The fourth-order valence-corrected chi connectivity index (χ4v) is 3.11. The van der Waals surface area contributed by atoms with E-state index < -0.39 is 0 Å². The molecule has 0 saturated heterocycles. The minimum atomic E-state index is -0.341. The van der Waals surface area contributed by atoms with Crippen molar-refractivity contribution in [1.29, 1.82) is 0 Å². The molecule has 112 valence electrons. The van der Waals surface area contributed by atoms with E-state index in [4.69, 9.17) is 22.1 Å². The first-order valence-corrected chi connectivity index (χ1v) is 7.72. The fraction of sp³-hybridized carbons (Fsp3) is 0.267. The maximum Gasteiger partial charge on any atom is 0.338 e. The van der Waals surface area contributed by atoms with E-state index in [1.54, 1.807) is 25.1 Å². The van der Waals surface area contributed by atoms with Gasteiger partial charge in [0.2, 0.25) is 0 Å². The molecule has 2 rings (SSSR count). The fourth-order valence-electron chi connectivity index (χ4n) is 1.97. The SMILES string of the molecule is CCOC(=O)c1ccc(N)c(N(C)Cc2ccc(Cl)s2)c1. The van der Waals surface area contributed by atoms with E-state index in [2.05, 4.69) is 0 Å². The molecular formula is C15H17ClN2O2S. The standard InChI is InChI=1S/C15H17ClN2O2S/c1-3-20-15(19)10-4-6-12(17)13(8-10)18(2)9-11-5-7-14(16)21-11/h4-8H,3,9,17H2,1-2H3.